The normalized spacial score (nSPS) is 18.0. The molecule has 1 atom stereocenters. The molecule has 1 fully saturated rings. The number of aliphatic hydroxyl groups excluding tert-OH is 1. The highest BCUT2D eigenvalue weighted by atomic mass is 35.5. The Bertz CT molecular complexity index is 497. The van der Waals surface area contributed by atoms with Gasteiger partial charge in [0.25, 0.3) is 0 Å². The van der Waals surface area contributed by atoms with E-state index in [4.69, 9.17) is 23.2 Å². The van der Waals surface area contributed by atoms with E-state index < -0.39 is 0 Å². The van der Waals surface area contributed by atoms with Gasteiger partial charge in [0, 0.05) is 23.1 Å². The summed E-state index contributed by atoms with van der Waals surface area (Å²) < 4.78 is 0. The van der Waals surface area contributed by atoms with Crippen LogP contribution in [-0.4, -0.2) is 41.8 Å². The highest BCUT2D eigenvalue weighted by Gasteiger charge is 2.27. The van der Waals surface area contributed by atoms with E-state index in [9.17, 15) is 9.90 Å². The summed E-state index contributed by atoms with van der Waals surface area (Å²) in [6, 6.07) is 5.34. The summed E-state index contributed by atoms with van der Waals surface area (Å²) in [6.45, 7) is 1.35. The SMILES string of the molecule is O=C(NCCCc1ccc(Cl)cc1Cl)N1CCCC1CO. The van der Waals surface area contributed by atoms with Crippen molar-refractivity contribution >= 4 is 29.2 Å². The molecule has 0 aliphatic carbocycles. The van der Waals surface area contributed by atoms with Crippen LogP contribution in [0.25, 0.3) is 0 Å². The monoisotopic (exact) mass is 330 g/mol. The van der Waals surface area contributed by atoms with Gasteiger partial charge >= 0.3 is 6.03 Å². The van der Waals surface area contributed by atoms with Crippen molar-refractivity contribution in [3.63, 3.8) is 0 Å². The van der Waals surface area contributed by atoms with Gasteiger partial charge in [0.2, 0.25) is 0 Å². The summed E-state index contributed by atoms with van der Waals surface area (Å²) in [4.78, 5) is 13.7. The summed E-state index contributed by atoms with van der Waals surface area (Å²) in [5.74, 6) is 0. The number of aliphatic hydroxyl groups is 1. The number of likely N-dealkylation sites (tertiary alicyclic amines) is 1. The van der Waals surface area contributed by atoms with Crippen LogP contribution in [0.15, 0.2) is 18.2 Å². The largest absolute Gasteiger partial charge is 0.394 e. The lowest BCUT2D eigenvalue weighted by Crippen LogP contribution is -2.44. The van der Waals surface area contributed by atoms with E-state index in [1.165, 1.54) is 0 Å². The second kappa shape index (κ2) is 7.87. The summed E-state index contributed by atoms with van der Waals surface area (Å²) in [6.07, 6.45) is 3.44. The first-order valence-electron chi connectivity index (χ1n) is 7.21. The number of benzene rings is 1. The molecule has 1 aliphatic rings. The minimum atomic E-state index is -0.0891. The van der Waals surface area contributed by atoms with Crippen molar-refractivity contribution in [1.29, 1.82) is 0 Å². The van der Waals surface area contributed by atoms with Gasteiger partial charge in [0.1, 0.15) is 0 Å². The number of hydrogen-bond acceptors (Lipinski definition) is 2. The van der Waals surface area contributed by atoms with Gasteiger partial charge in [-0.25, -0.2) is 4.79 Å². The molecule has 4 nitrogen and oxygen atoms in total. The smallest absolute Gasteiger partial charge is 0.317 e. The maximum absolute atomic E-state index is 12.0. The molecule has 2 rings (SSSR count). The minimum Gasteiger partial charge on any atom is -0.394 e. The standard InChI is InChI=1S/C15H20Cl2N2O2/c16-12-6-5-11(14(17)9-12)3-1-7-18-15(21)19-8-2-4-13(19)10-20/h5-6,9,13,20H,1-4,7-8,10H2,(H,18,21). The molecular formula is C15H20Cl2N2O2. The van der Waals surface area contributed by atoms with Crippen LogP contribution >= 0.6 is 23.2 Å². The first-order chi connectivity index (χ1) is 10.1. The maximum atomic E-state index is 12.0. The lowest BCUT2D eigenvalue weighted by molar-refractivity contribution is 0.157. The fourth-order valence-electron chi connectivity index (χ4n) is 2.59. The van der Waals surface area contributed by atoms with Crippen LogP contribution in [0.1, 0.15) is 24.8 Å². The number of amides is 2. The third kappa shape index (κ3) is 4.50. The van der Waals surface area contributed by atoms with Crippen LogP contribution in [0.5, 0.6) is 0 Å². The van der Waals surface area contributed by atoms with Gasteiger partial charge in [-0.1, -0.05) is 29.3 Å². The number of carbonyl (C=O) groups excluding carboxylic acids is 1. The molecule has 1 aliphatic heterocycles. The fraction of sp³-hybridized carbons (Fsp3) is 0.533. The maximum Gasteiger partial charge on any atom is 0.317 e. The van der Waals surface area contributed by atoms with E-state index in [0.717, 1.165) is 37.8 Å². The topological polar surface area (TPSA) is 52.6 Å². The summed E-state index contributed by atoms with van der Waals surface area (Å²) in [7, 11) is 0. The second-order valence-corrected chi connectivity index (χ2v) is 6.09. The fourth-order valence-corrected chi connectivity index (χ4v) is 3.10. The molecule has 1 saturated heterocycles. The first kappa shape index (κ1) is 16.4. The van der Waals surface area contributed by atoms with Crippen molar-refractivity contribution in [2.45, 2.75) is 31.7 Å². The highest BCUT2D eigenvalue weighted by molar-refractivity contribution is 6.35. The van der Waals surface area contributed by atoms with Gasteiger partial charge in [-0.15, -0.1) is 0 Å². The van der Waals surface area contributed by atoms with Crippen LogP contribution in [0, 0.1) is 0 Å². The van der Waals surface area contributed by atoms with Gasteiger partial charge in [-0.3, -0.25) is 0 Å². The quantitative estimate of drug-likeness (QED) is 0.815. The lowest BCUT2D eigenvalue weighted by Gasteiger charge is -2.23. The van der Waals surface area contributed by atoms with Gasteiger partial charge in [0.15, 0.2) is 0 Å². The number of aryl methyl sites for hydroxylation is 1. The highest BCUT2D eigenvalue weighted by Crippen LogP contribution is 2.22. The molecule has 0 radical (unpaired) electrons. The van der Waals surface area contributed by atoms with Crippen molar-refractivity contribution in [1.82, 2.24) is 10.2 Å². The van der Waals surface area contributed by atoms with Crippen molar-refractivity contribution in [3.8, 4) is 0 Å². The average molecular weight is 331 g/mol. The molecule has 2 N–H and O–H groups in total. The zero-order valence-electron chi connectivity index (χ0n) is 11.8. The molecule has 116 valence electrons. The Balaban J connectivity index is 1.73. The van der Waals surface area contributed by atoms with E-state index in [0.29, 0.717) is 16.6 Å². The number of urea groups is 1. The van der Waals surface area contributed by atoms with Crippen LogP contribution in [-0.2, 0) is 6.42 Å². The predicted molar refractivity (Wildman–Crippen MR) is 85.0 cm³/mol. The Hall–Kier alpha value is -0.970. The number of nitrogens with zero attached hydrogens (tertiary/aromatic N) is 1. The molecule has 2 amide bonds. The number of halogens is 2. The number of rotatable bonds is 5. The summed E-state index contributed by atoms with van der Waals surface area (Å²) >= 11 is 12.0. The molecule has 6 heteroatoms. The van der Waals surface area contributed by atoms with E-state index in [2.05, 4.69) is 5.32 Å². The molecule has 0 saturated carbocycles. The Labute approximate surface area is 135 Å². The molecule has 0 aromatic heterocycles. The van der Waals surface area contributed by atoms with Crippen LogP contribution in [0.3, 0.4) is 0 Å². The molecular weight excluding hydrogens is 311 g/mol. The summed E-state index contributed by atoms with van der Waals surface area (Å²) in [5.41, 5.74) is 1.03. The van der Waals surface area contributed by atoms with Crippen LogP contribution in [0.2, 0.25) is 10.0 Å². The van der Waals surface area contributed by atoms with Gasteiger partial charge in [-0.2, -0.15) is 0 Å². The first-order valence-corrected chi connectivity index (χ1v) is 7.96. The number of hydrogen-bond donors (Lipinski definition) is 2. The molecule has 0 spiro atoms. The lowest BCUT2D eigenvalue weighted by atomic mass is 10.1. The van der Waals surface area contributed by atoms with Crippen molar-refractivity contribution in [2.24, 2.45) is 0 Å². The number of carbonyl (C=O) groups is 1. The Morgan fingerprint density at radius 3 is 2.95 bits per heavy atom. The van der Waals surface area contributed by atoms with Crippen molar-refractivity contribution in [2.75, 3.05) is 19.7 Å². The van der Waals surface area contributed by atoms with Gasteiger partial charge in [-0.05, 0) is 43.4 Å². The van der Waals surface area contributed by atoms with Crippen molar-refractivity contribution < 1.29 is 9.90 Å². The van der Waals surface area contributed by atoms with Crippen LogP contribution < -0.4 is 5.32 Å². The van der Waals surface area contributed by atoms with Crippen LogP contribution in [0.4, 0.5) is 4.79 Å². The number of nitrogens with one attached hydrogen (secondary N) is 1. The van der Waals surface area contributed by atoms with E-state index >= 15 is 0 Å². The molecule has 0 bridgehead atoms. The molecule has 1 unspecified atom stereocenters. The Kier molecular flexibility index (Phi) is 6.15. The average Bonchev–Trinajstić information content (AvgIpc) is 2.93. The zero-order valence-corrected chi connectivity index (χ0v) is 13.3. The second-order valence-electron chi connectivity index (χ2n) is 5.24. The molecule has 1 aromatic rings. The third-order valence-corrected chi connectivity index (χ3v) is 4.35. The predicted octanol–water partition coefficient (Wildman–Crippen LogP) is 3.09. The van der Waals surface area contributed by atoms with Crippen molar-refractivity contribution in [3.05, 3.63) is 33.8 Å². The molecule has 1 heterocycles. The molecule has 1 aromatic carbocycles. The van der Waals surface area contributed by atoms with E-state index in [-0.39, 0.29) is 18.7 Å². The Morgan fingerprint density at radius 1 is 1.43 bits per heavy atom. The van der Waals surface area contributed by atoms with Gasteiger partial charge in [0.05, 0.1) is 12.6 Å². The third-order valence-electron chi connectivity index (χ3n) is 3.76. The van der Waals surface area contributed by atoms with E-state index in [1.54, 1.807) is 11.0 Å². The minimum absolute atomic E-state index is 0.0318. The molecule has 21 heavy (non-hydrogen) atoms. The zero-order chi connectivity index (χ0) is 15.2. The Morgan fingerprint density at radius 2 is 2.24 bits per heavy atom. The summed E-state index contributed by atoms with van der Waals surface area (Å²) in [5, 5.41) is 13.4. The van der Waals surface area contributed by atoms with E-state index in [1.807, 2.05) is 12.1 Å². The van der Waals surface area contributed by atoms with Gasteiger partial charge < -0.3 is 15.3 Å².